The van der Waals surface area contributed by atoms with Gasteiger partial charge in [0.1, 0.15) is 5.97 Å². The van der Waals surface area contributed by atoms with E-state index in [1.807, 2.05) is 0 Å². The first kappa shape index (κ1) is 11.6. The molecule has 0 radical (unpaired) electrons. The Kier molecular flexibility index (Phi) is 5.56. The van der Waals surface area contributed by atoms with Crippen LogP contribution in [-0.2, 0) is 0 Å². The molecular weight excluding hydrogens is 195 g/mol. The van der Waals surface area contributed by atoms with Crippen molar-refractivity contribution in [3.8, 4) is 0 Å². The minimum absolute atomic E-state index is 0. The number of carboxylic acids is 1. The maximum Gasteiger partial charge on any atom is 1.00 e. The largest absolute Gasteiger partial charge is 1.00 e. The zero-order valence-electron chi connectivity index (χ0n) is 6.03. The van der Waals surface area contributed by atoms with Crippen LogP contribution in [0.4, 0.5) is 0 Å². The average Bonchev–Trinajstić information content (AvgIpc) is 2.34. The summed E-state index contributed by atoms with van der Waals surface area (Å²) in [5, 5.41) is 16.8. The van der Waals surface area contributed by atoms with Gasteiger partial charge in [0.2, 0.25) is 0 Å². The third kappa shape index (κ3) is 3.22. The summed E-state index contributed by atoms with van der Waals surface area (Å²) in [5.74, 6) is -1.93. The second-order valence-corrected chi connectivity index (χ2v) is 2.12. The van der Waals surface area contributed by atoms with Crippen LogP contribution < -0.4 is 56.5 Å². The molecule has 0 fully saturated rings. The van der Waals surface area contributed by atoms with E-state index in [-0.39, 0.29) is 56.6 Å². The topological polar surface area (TPSA) is 79.0 Å². The van der Waals surface area contributed by atoms with Crippen molar-refractivity contribution in [1.29, 1.82) is 0 Å². The summed E-state index contributed by atoms with van der Waals surface area (Å²) in [6.45, 7) is 0. The number of nitrogens with zero attached hydrogens (tertiary/aromatic N) is 2. The molecule has 0 saturated carbocycles. The van der Waals surface area contributed by atoms with Gasteiger partial charge < -0.3 is 14.3 Å². The molecule has 11 heavy (non-hydrogen) atoms. The van der Waals surface area contributed by atoms with Gasteiger partial charge in [0.15, 0.2) is 0 Å². The van der Waals surface area contributed by atoms with Gasteiger partial charge in [0.25, 0.3) is 11.1 Å². The van der Waals surface area contributed by atoms with Crippen LogP contribution in [0.3, 0.4) is 0 Å². The number of hydrogen-bond donors (Lipinski definition) is 0. The van der Waals surface area contributed by atoms with Gasteiger partial charge in [-0.15, -0.1) is 10.2 Å². The van der Waals surface area contributed by atoms with Crippen molar-refractivity contribution in [2.24, 2.45) is 0 Å². The monoisotopic (exact) mass is 198 g/mol. The van der Waals surface area contributed by atoms with Gasteiger partial charge in [-0.2, -0.15) is 0 Å². The molecule has 0 unspecified atom stereocenters. The van der Waals surface area contributed by atoms with E-state index in [4.69, 9.17) is 0 Å². The molecule has 0 aliphatic rings. The van der Waals surface area contributed by atoms with Crippen LogP contribution in [0.25, 0.3) is 0 Å². The van der Waals surface area contributed by atoms with E-state index in [1.54, 1.807) is 6.26 Å². The third-order valence-corrected chi connectivity index (χ3v) is 1.27. The fourth-order valence-corrected chi connectivity index (χ4v) is 0.659. The van der Waals surface area contributed by atoms with Gasteiger partial charge in [-0.1, -0.05) is 11.8 Å². The third-order valence-electron chi connectivity index (χ3n) is 0.756. The van der Waals surface area contributed by atoms with Crippen molar-refractivity contribution < 1.29 is 65.7 Å². The van der Waals surface area contributed by atoms with Crippen molar-refractivity contribution in [1.82, 2.24) is 10.2 Å². The van der Waals surface area contributed by atoms with E-state index < -0.39 is 11.9 Å². The van der Waals surface area contributed by atoms with Crippen molar-refractivity contribution in [2.75, 3.05) is 6.26 Å². The molecule has 1 heterocycles. The maximum absolute atomic E-state index is 10.0. The Hall–Kier alpha value is 0.596. The molecule has 0 atom stereocenters. The number of rotatable bonds is 2. The van der Waals surface area contributed by atoms with Crippen molar-refractivity contribution in [2.45, 2.75) is 5.22 Å². The van der Waals surface area contributed by atoms with Gasteiger partial charge in [-0.3, -0.25) is 0 Å². The van der Waals surface area contributed by atoms with Crippen LogP contribution in [-0.4, -0.2) is 22.4 Å². The first-order chi connectivity index (χ1) is 4.74. The first-order valence-corrected chi connectivity index (χ1v) is 3.55. The Balaban J connectivity index is 0.000001000. The molecule has 0 N–H and O–H groups in total. The van der Waals surface area contributed by atoms with Crippen molar-refractivity contribution in [3.63, 3.8) is 0 Å². The maximum atomic E-state index is 10.0. The van der Waals surface area contributed by atoms with Gasteiger partial charge in [-0.25, -0.2) is 0 Å². The Morgan fingerprint density at radius 3 is 2.55 bits per heavy atom. The fourth-order valence-electron chi connectivity index (χ4n) is 0.375. The number of carbonyl (C=O) groups is 1. The van der Waals surface area contributed by atoms with Gasteiger partial charge in [-0.05, 0) is 6.26 Å². The van der Waals surface area contributed by atoms with E-state index in [0.29, 0.717) is 0 Å². The number of thioether (sulfide) groups is 1. The molecule has 1 aromatic heterocycles. The summed E-state index contributed by atoms with van der Waals surface area (Å²) < 4.78 is 4.57. The van der Waals surface area contributed by atoms with Crippen LogP contribution in [0.5, 0.6) is 0 Å². The minimum Gasteiger partial charge on any atom is -0.540 e. The van der Waals surface area contributed by atoms with Gasteiger partial charge in [0.05, 0.1) is 0 Å². The molecule has 1 rings (SSSR count). The second-order valence-electron chi connectivity index (χ2n) is 1.36. The summed E-state index contributed by atoms with van der Waals surface area (Å²) in [6, 6.07) is 0. The molecule has 5 nitrogen and oxygen atoms in total. The molecule has 7 heteroatoms. The van der Waals surface area contributed by atoms with E-state index in [1.165, 1.54) is 11.8 Å². The normalized spacial score (nSPS) is 8.82. The molecule has 0 aliphatic heterocycles. The van der Waals surface area contributed by atoms with Crippen LogP contribution in [0.2, 0.25) is 0 Å². The molecule has 0 aromatic carbocycles. The van der Waals surface area contributed by atoms with E-state index in [2.05, 4.69) is 14.6 Å². The Morgan fingerprint density at radius 2 is 2.27 bits per heavy atom. The Morgan fingerprint density at radius 1 is 1.64 bits per heavy atom. The molecule has 0 spiro atoms. The minimum atomic E-state index is -1.45. The SMILES string of the molecule is CSc1nnc(C(=O)[O-])o1.[K+]. The molecule has 0 aliphatic carbocycles. The summed E-state index contributed by atoms with van der Waals surface area (Å²) in [6.07, 6.45) is 1.70. The zero-order valence-corrected chi connectivity index (χ0v) is 9.97. The number of aromatic nitrogens is 2. The van der Waals surface area contributed by atoms with Gasteiger partial charge in [0, 0.05) is 0 Å². The molecule has 0 saturated heterocycles. The zero-order chi connectivity index (χ0) is 7.56. The van der Waals surface area contributed by atoms with Crippen LogP contribution in [0.1, 0.15) is 10.7 Å². The van der Waals surface area contributed by atoms with E-state index in [9.17, 15) is 9.90 Å². The Labute approximate surface area is 109 Å². The first-order valence-electron chi connectivity index (χ1n) is 2.33. The quantitative estimate of drug-likeness (QED) is 0.358. The Bertz CT molecular complexity index is 251. The molecule has 54 valence electrons. The number of carboxylic acid groups (broad SMARTS) is 1. The average molecular weight is 198 g/mol. The predicted molar refractivity (Wildman–Crippen MR) is 30.4 cm³/mol. The van der Waals surface area contributed by atoms with E-state index >= 15 is 0 Å². The van der Waals surface area contributed by atoms with Crippen LogP contribution >= 0.6 is 11.8 Å². The molecular formula is C4H3KN2O3S. The van der Waals surface area contributed by atoms with Gasteiger partial charge >= 0.3 is 51.4 Å². The number of hydrogen-bond acceptors (Lipinski definition) is 6. The fraction of sp³-hybridized carbons (Fsp3) is 0.250. The number of carbonyl (C=O) groups excluding carboxylic acids is 1. The second kappa shape index (κ2) is 5.28. The summed E-state index contributed by atoms with van der Waals surface area (Å²) >= 11 is 1.18. The summed E-state index contributed by atoms with van der Waals surface area (Å²) in [4.78, 5) is 10.0. The van der Waals surface area contributed by atoms with Crippen molar-refractivity contribution >= 4 is 17.7 Å². The van der Waals surface area contributed by atoms with E-state index in [0.717, 1.165) is 0 Å². The van der Waals surface area contributed by atoms with Crippen molar-refractivity contribution in [3.05, 3.63) is 5.89 Å². The standard InChI is InChI=1S/C4H4N2O3S.K/c1-10-4-6-5-2(9-4)3(7)8;/h1H3,(H,7,8);/q;+1/p-1. The molecule has 1 aromatic rings. The summed E-state index contributed by atoms with van der Waals surface area (Å²) in [5.41, 5.74) is 0. The van der Waals surface area contributed by atoms with Crippen LogP contribution in [0, 0.1) is 0 Å². The summed E-state index contributed by atoms with van der Waals surface area (Å²) in [7, 11) is 0. The smallest absolute Gasteiger partial charge is 0.540 e. The molecule has 0 bridgehead atoms. The predicted octanol–water partition coefficient (Wildman–Crippen LogP) is -3.84. The van der Waals surface area contributed by atoms with Crippen LogP contribution in [0.15, 0.2) is 9.64 Å². The molecule has 0 amide bonds. The number of aromatic carboxylic acids is 1.